The number of hydrogen-bond donors (Lipinski definition) is 1. The van der Waals surface area contributed by atoms with E-state index in [9.17, 15) is 14.7 Å². The molecule has 128 valence electrons. The van der Waals surface area contributed by atoms with Crippen molar-refractivity contribution in [2.24, 2.45) is 5.92 Å². The fourth-order valence-electron chi connectivity index (χ4n) is 2.75. The molecule has 2 aromatic carbocycles. The van der Waals surface area contributed by atoms with Gasteiger partial charge in [-0.2, -0.15) is 0 Å². The average Bonchev–Trinajstić information content (AvgIpc) is 2.99. The van der Waals surface area contributed by atoms with Gasteiger partial charge in [-0.05, 0) is 36.8 Å². The molecule has 0 amide bonds. The van der Waals surface area contributed by atoms with Crippen LogP contribution >= 0.6 is 0 Å². The first-order valence-corrected chi connectivity index (χ1v) is 7.93. The number of benzene rings is 2. The molecule has 1 N–H and O–H groups in total. The maximum atomic E-state index is 12.9. The lowest BCUT2D eigenvalue weighted by atomic mass is 9.95. The number of ether oxygens (including phenoxy) is 1. The monoisotopic (exact) mass is 338 g/mol. The molecule has 0 radical (unpaired) electrons. The first-order valence-electron chi connectivity index (χ1n) is 7.93. The zero-order chi connectivity index (χ0) is 18.0. The van der Waals surface area contributed by atoms with Crippen molar-refractivity contribution in [3.63, 3.8) is 0 Å². The maximum absolute atomic E-state index is 12.9. The molecule has 1 atom stereocenters. The molecule has 0 spiro atoms. The number of aliphatic carboxylic acids is 1. The quantitative estimate of drug-likeness (QED) is 0.689. The summed E-state index contributed by atoms with van der Waals surface area (Å²) in [5.41, 5.74) is 1.67. The standard InChI is InChI=1S/C20H18O5/c1-12(20(22)23)11-16-15-5-3-4-6-17(15)25-19(16)18(21)13-7-9-14(24-2)10-8-13/h3-10,12H,11H2,1-2H3,(H,22,23). The lowest BCUT2D eigenvalue weighted by Gasteiger charge is -2.07. The van der Waals surface area contributed by atoms with Gasteiger partial charge in [0.25, 0.3) is 0 Å². The second-order valence-corrected chi connectivity index (χ2v) is 5.91. The van der Waals surface area contributed by atoms with Crippen LogP contribution in [0.1, 0.15) is 28.6 Å². The summed E-state index contributed by atoms with van der Waals surface area (Å²) in [4.78, 5) is 24.2. The molecule has 0 aliphatic heterocycles. The predicted molar refractivity (Wildman–Crippen MR) is 93.1 cm³/mol. The Morgan fingerprint density at radius 3 is 2.44 bits per heavy atom. The van der Waals surface area contributed by atoms with Gasteiger partial charge in [-0.3, -0.25) is 9.59 Å². The Morgan fingerprint density at radius 2 is 1.80 bits per heavy atom. The highest BCUT2D eigenvalue weighted by Gasteiger charge is 2.24. The van der Waals surface area contributed by atoms with Crippen LogP contribution in [0.25, 0.3) is 11.0 Å². The lowest BCUT2D eigenvalue weighted by molar-refractivity contribution is -0.141. The van der Waals surface area contributed by atoms with Gasteiger partial charge in [-0.25, -0.2) is 0 Å². The van der Waals surface area contributed by atoms with E-state index in [4.69, 9.17) is 9.15 Å². The minimum absolute atomic E-state index is 0.194. The highest BCUT2D eigenvalue weighted by Crippen LogP contribution is 2.30. The number of carboxylic acid groups (broad SMARTS) is 1. The summed E-state index contributed by atoms with van der Waals surface area (Å²) in [6.07, 6.45) is 0.226. The Kier molecular flexibility index (Phi) is 4.57. The van der Waals surface area contributed by atoms with Crippen molar-refractivity contribution in [3.05, 3.63) is 65.4 Å². The molecular formula is C20H18O5. The van der Waals surface area contributed by atoms with Gasteiger partial charge in [0.2, 0.25) is 5.78 Å². The van der Waals surface area contributed by atoms with Crippen molar-refractivity contribution >= 4 is 22.7 Å². The molecule has 0 fully saturated rings. The molecule has 1 aromatic heterocycles. The van der Waals surface area contributed by atoms with Gasteiger partial charge in [-0.1, -0.05) is 25.1 Å². The van der Waals surface area contributed by atoms with E-state index in [0.717, 1.165) is 5.39 Å². The summed E-state index contributed by atoms with van der Waals surface area (Å²) < 4.78 is 10.9. The Labute approximate surface area is 144 Å². The molecule has 0 saturated carbocycles. The normalized spacial score (nSPS) is 12.1. The van der Waals surface area contributed by atoms with Crippen molar-refractivity contribution in [3.8, 4) is 5.75 Å². The number of fused-ring (bicyclic) bond motifs is 1. The van der Waals surface area contributed by atoms with Crippen LogP contribution in [0, 0.1) is 5.92 Å². The van der Waals surface area contributed by atoms with E-state index in [-0.39, 0.29) is 18.0 Å². The van der Waals surface area contributed by atoms with E-state index in [1.165, 1.54) is 0 Å². The molecule has 3 aromatic rings. The van der Waals surface area contributed by atoms with Gasteiger partial charge < -0.3 is 14.3 Å². The highest BCUT2D eigenvalue weighted by molar-refractivity contribution is 6.10. The van der Waals surface area contributed by atoms with E-state index in [1.807, 2.05) is 18.2 Å². The van der Waals surface area contributed by atoms with E-state index < -0.39 is 11.9 Å². The van der Waals surface area contributed by atoms with Gasteiger partial charge in [0.15, 0.2) is 5.76 Å². The Bertz CT molecular complexity index is 921. The van der Waals surface area contributed by atoms with E-state index >= 15 is 0 Å². The van der Waals surface area contributed by atoms with Crippen molar-refractivity contribution in [1.29, 1.82) is 0 Å². The zero-order valence-electron chi connectivity index (χ0n) is 14.0. The number of rotatable bonds is 6. The average molecular weight is 338 g/mol. The molecule has 0 saturated heterocycles. The van der Waals surface area contributed by atoms with E-state index in [1.54, 1.807) is 44.4 Å². The lowest BCUT2D eigenvalue weighted by Crippen LogP contribution is -2.14. The molecule has 0 aliphatic rings. The summed E-state index contributed by atoms with van der Waals surface area (Å²) in [6.45, 7) is 1.62. The number of carbonyl (C=O) groups is 2. The SMILES string of the molecule is COc1ccc(C(=O)c2oc3ccccc3c2CC(C)C(=O)O)cc1. The van der Waals surface area contributed by atoms with Gasteiger partial charge in [0.05, 0.1) is 13.0 Å². The second-order valence-electron chi connectivity index (χ2n) is 5.91. The van der Waals surface area contributed by atoms with Gasteiger partial charge in [0, 0.05) is 16.5 Å². The smallest absolute Gasteiger partial charge is 0.306 e. The minimum Gasteiger partial charge on any atom is -0.497 e. The van der Waals surface area contributed by atoms with Crippen LogP contribution in [0.15, 0.2) is 52.9 Å². The minimum atomic E-state index is -0.909. The molecule has 1 heterocycles. The number of ketones is 1. The number of methoxy groups -OCH3 is 1. The number of furan rings is 1. The van der Waals surface area contributed by atoms with Crippen molar-refractivity contribution < 1.29 is 23.8 Å². The zero-order valence-corrected chi connectivity index (χ0v) is 14.0. The van der Waals surface area contributed by atoms with Crippen LogP contribution < -0.4 is 4.74 Å². The van der Waals surface area contributed by atoms with Crippen molar-refractivity contribution in [1.82, 2.24) is 0 Å². The van der Waals surface area contributed by atoms with E-state index in [2.05, 4.69) is 0 Å². The summed E-state index contributed by atoms with van der Waals surface area (Å²) >= 11 is 0. The molecule has 5 heteroatoms. The van der Waals surface area contributed by atoms with Crippen LogP contribution in [0.5, 0.6) is 5.75 Å². The van der Waals surface area contributed by atoms with Crippen LogP contribution in [0.3, 0.4) is 0 Å². The fraction of sp³-hybridized carbons (Fsp3) is 0.200. The third-order valence-corrected chi connectivity index (χ3v) is 4.19. The maximum Gasteiger partial charge on any atom is 0.306 e. The highest BCUT2D eigenvalue weighted by atomic mass is 16.5. The first-order chi connectivity index (χ1) is 12.0. The first kappa shape index (κ1) is 16.8. The molecule has 25 heavy (non-hydrogen) atoms. The summed E-state index contributed by atoms with van der Waals surface area (Å²) in [7, 11) is 1.56. The van der Waals surface area contributed by atoms with E-state index in [0.29, 0.717) is 22.5 Å². The Morgan fingerprint density at radius 1 is 1.12 bits per heavy atom. The van der Waals surface area contributed by atoms with Crippen LogP contribution in [0.4, 0.5) is 0 Å². The number of carboxylic acids is 1. The summed E-state index contributed by atoms with van der Waals surface area (Å²) in [6, 6.07) is 14.0. The molecule has 1 unspecified atom stereocenters. The summed E-state index contributed by atoms with van der Waals surface area (Å²) in [5, 5.41) is 10.00. The Balaban J connectivity index is 2.07. The summed E-state index contributed by atoms with van der Waals surface area (Å²) in [5.74, 6) is -0.955. The Hall–Kier alpha value is -3.08. The molecule has 5 nitrogen and oxygen atoms in total. The van der Waals surface area contributed by atoms with Gasteiger partial charge in [-0.15, -0.1) is 0 Å². The number of para-hydroxylation sites is 1. The third kappa shape index (κ3) is 3.26. The van der Waals surface area contributed by atoms with Crippen LogP contribution in [-0.2, 0) is 11.2 Å². The molecular weight excluding hydrogens is 320 g/mol. The third-order valence-electron chi connectivity index (χ3n) is 4.19. The molecule has 0 bridgehead atoms. The van der Waals surface area contributed by atoms with Crippen molar-refractivity contribution in [2.75, 3.05) is 7.11 Å². The molecule has 0 aliphatic carbocycles. The number of carbonyl (C=O) groups excluding carboxylic acids is 1. The number of hydrogen-bond acceptors (Lipinski definition) is 4. The topological polar surface area (TPSA) is 76.7 Å². The second kappa shape index (κ2) is 6.81. The van der Waals surface area contributed by atoms with Gasteiger partial charge >= 0.3 is 5.97 Å². The van der Waals surface area contributed by atoms with Gasteiger partial charge in [0.1, 0.15) is 11.3 Å². The van der Waals surface area contributed by atoms with Crippen molar-refractivity contribution in [2.45, 2.75) is 13.3 Å². The molecule has 3 rings (SSSR count). The largest absolute Gasteiger partial charge is 0.497 e. The fourth-order valence-corrected chi connectivity index (χ4v) is 2.75. The van der Waals surface area contributed by atoms with Crippen LogP contribution in [-0.4, -0.2) is 24.0 Å². The predicted octanol–water partition coefficient (Wildman–Crippen LogP) is 3.94. The van der Waals surface area contributed by atoms with Crippen LogP contribution in [0.2, 0.25) is 0 Å².